The van der Waals surface area contributed by atoms with Crippen molar-refractivity contribution >= 4 is 31.9 Å². The number of hydrogen-bond acceptors (Lipinski definition) is 3. The van der Waals surface area contributed by atoms with Crippen molar-refractivity contribution in [2.24, 2.45) is 0 Å². The maximum atomic E-state index is 10.2. The minimum Gasteiger partial charge on any atom is -0.452 e. The van der Waals surface area contributed by atoms with Gasteiger partial charge in [-0.15, -0.1) is 0 Å². The molecule has 0 radical (unpaired) electrons. The van der Waals surface area contributed by atoms with E-state index >= 15 is 0 Å². The summed E-state index contributed by atoms with van der Waals surface area (Å²) in [5, 5.41) is 14.6. The minimum absolute atomic E-state index is 0.467. The fraction of sp³-hybridized carbons (Fsp3) is 0.417. The first kappa shape index (κ1) is 13.8. The quantitative estimate of drug-likeness (QED) is 0.885. The summed E-state index contributed by atoms with van der Waals surface area (Å²) in [6.45, 7) is 4.74. The van der Waals surface area contributed by atoms with Gasteiger partial charge in [0, 0.05) is 13.0 Å². The molecule has 0 saturated carbocycles. The van der Waals surface area contributed by atoms with Gasteiger partial charge in [-0.05, 0) is 57.8 Å². The summed E-state index contributed by atoms with van der Waals surface area (Å²) in [6.07, 6.45) is -0.205. The number of furan rings is 1. The number of hydrogen-bond donors (Lipinski definition) is 1. The van der Waals surface area contributed by atoms with Crippen LogP contribution in [-0.2, 0) is 13.0 Å². The highest BCUT2D eigenvalue weighted by Gasteiger charge is 2.19. The second-order valence-electron chi connectivity index (χ2n) is 4.02. The molecule has 0 saturated heterocycles. The van der Waals surface area contributed by atoms with E-state index in [0.29, 0.717) is 16.9 Å². The van der Waals surface area contributed by atoms with Crippen LogP contribution in [0.3, 0.4) is 0 Å². The molecule has 2 rings (SSSR count). The Bertz CT molecular complexity index is 548. The Morgan fingerprint density at radius 1 is 1.44 bits per heavy atom. The van der Waals surface area contributed by atoms with Crippen LogP contribution in [0.4, 0.5) is 0 Å². The summed E-state index contributed by atoms with van der Waals surface area (Å²) in [5.41, 5.74) is 1.91. The monoisotopic (exact) mass is 376 g/mol. The van der Waals surface area contributed by atoms with Crippen LogP contribution in [-0.4, -0.2) is 14.9 Å². The Kier molecular flexibility index (Phi) is 4.29. The van der Waals surface area contributed by atoms with E-state index in [0.717, 1.165) is 22.4 Å². The van der Waals surface area contributed by atoms with Crippen molar-refractivity contribution in [3.05, 3.63) is 38.4 Å². The van der Waals surface area contributed by atoms with Crippen LogP contribution < -0.4 is 0 Å². The Morgan fingerprint density at radius 2 is 2.17 bits per heavy atom. The number of aromatic nitrogens is 2. The van der Waals surface area contributed by atoms with Crippen molar-refractivity contribution in [2.75, 3.05) is 0 Å². The molecule has 18 heavy (non-hydrogen) atoms. The first-order chi connectivity index (χ1) is 8.52. The van der Waals surface area contributed by atoms with Crippen LogP contribution in [0, 0.1) is 6.92 Å². The molecular formula is C12H14Br2N2O2. The molecule has 2 aromatic rings. The molecule has 0 aliphatic heterocycles. The van der Waals surface area contributed by atoms with Gasteiger partial charge in [0.25, 0.3) is 0 Å². The smallest absolute Gasteiger partial charge is 0.169 e. The SMILES string of the molecule is CCn1nc(C)c(Br)c1CC(O)c1ccc(Br)o1. The van der Waals surface area contributed by atoms with Gasteiger partial charge in [0.1, 0.15) is 11.9 Å². The second-order valence-corrected chi connectivity index (χ2v) is 5.60. The average molecular weight is 378 g/mol. The molecule has 0 fully saturated rings. The van der Waals surface area contributed by atoms with Crippen LogP contribution in [0.25, 0.3) is 0 Å². The van der Waals surface area contributed by atoms with E-state index in [1.165, 1.54) is 0 Å². The first-order valence-corrected chi connectivity index (χ1v) is 7.26. The lowest BCUT2D eigenvalue weighted by Crippen LogP contribution is -2.08. The zero-order valence-electron chi connectivity index (χ0n) is 10.2. The number of aliphatic hydroxyl groups excluding tert-OH is 1. The van der Waals surface area contributed by atoms with Crippen molar-refractivity contribution < 1.29 is 9.52 Å². The second kappa shape index (κ2) is 5.59. The zero-order chi connectivity index (χ0) is 13.3. The maximum Gasteiger partial charge on any atom is 0.169 e. The molecule has 0 aliphatic carbocycles. The Hall–Kier alpha value is -0.590. The molecule has 2 aromatic heterocycles. The van der Waals surface area contributed by atoms with E-state index in [1.807, 2.05) is 18.5 Å². The summed E-state index contributed by atoms with van der Waals surface area (Å²) in [7, 11) is 0. The van der Waals surface area contributed by atoms with E-state index in [-0.39, 0.29) is 0 Å². The molecule has 0 spiro atoms. The molecule has 1 unspecified atom stereocenters. The fourth-order valence-corrected chi connectivity index (χ4v) is 2.62. The number of nitrogens with zero attached hydrogens (tertiary/aromatic N) is 2. The standard InChI is InChI=1S/C12H14Br2N2O2/c1-3-16-8(12(14)7(2)15-16)6-9(17)10-4-5-11(13)18-10/h4-5,9,17H,3,6H2,1-2H3. The number of halogens is 2. The van der Waals surface area contributed by atoms with Gasteiger partial charge in [-0.1, -0.05) is 0 Å². The van der Waals surface area contributed by atoms with Crippen molar-refractivity contribution in [3.8, 4) is 0 Å². The topological polar surface area (TPSA) is 51.2 Å². The highest BCUT2D eigenvalue weighted by molar-refractivity contribution is 9.10. The normalized spacial score (nSPS) is 12.9. The average Bonchev–Trinajstić information content (AvgIpc) is 2.88. The van der Waals surface area contributed by atoms with Gasteiger partial charge in [-0.3, -0.25) is 4.68 Å². The fourth-order valence-electron chi connectivity index (χ4n) is 1.86. The van der Waals surface area contributed by atoms with Gasteiger partial charge in [-0.25, -0.2) is 0 Å². The van der Waals surface area contributed by atoms with Crippen LogP contribution in [0.15, 0.2) is 25.7 Å². The molecule has 0 aromatic carbocycles. The number of rotatable bonds is 4. The third-order valence-corrected chi connectivity index (χ3v) is 4.22. The summed E-state index contributed by atoms with van der Waals surface area (Å²) < 4.78 is 8.82. The Labute approximate surface area is 122 Å². The molecule has 2 heterocycles. The predicted molar refractivity (Wildman–Crippen MR) is 75.4 cm³/mol. The largest absolute Gasteiger partial charge is 0.452 e. The van der Waals surface area contributed by atoms with Crippen LogP contribution in [0.2, 0.25) is 0 Å². The third-order valence-electron chi connectivity index (χ3n) is 2.76. The summed E-state index contributed by atoms with van der Waals surface area (Å²) in [5.74, 6) is 0.551. The van der Waals surface area contributed by atoms with Gasteiger partial charge >= 0.3 is 0 Å². The lowest BCUT2D eigenvalue weighted by molar-refractivity contribution is 0.146. The summed E-state index contributed by atoms with van der Waals surface area (Å²) in [4.78, 5) is 0. The molecule has 98 valence electrons. The van der Waals surface area contributed by atoms with E-state index in [4.69, 9.17) is 4.42 Å². The first-order valence-electron chi connectivity index (χ1n) is 5.68. The highest BCUT2D eigenvalue weighted by Crippen LogP contribution is 2.28. The van der Waals surface area contributed by atoms with Crippen molar-refractivity contribution in [2.45, 2.75) is 32.9 Å². The lowest BCUT2D eigenvalue weighted by atomic mass is 10.1. The molecule has 6 heteroatoms. The Morgan fingerprint density at radius 3 is 2.72 bits per heavy atom. The third kappa shape index (κ3) is 2.70. The molecule has 1 atom stereocenters. The zero-order valence-corrected chi connectivity index (χ0v) is 13.3. The van der Waals surface area contributed by atoms with Crippen molar-refractivity contribution in [1.82, 2.24) is 9.78 Å². The van der Waals surface area contributed by atoms with Gasteiger partial charge in [0.05, 0.1) is 15.9 Å². The van der Waals surface area contributed by atoms with E-state index < -0.39 is 6.10 Å². The molecule has 0 aliphatic rings. The van der Waals surface area contributed by atoms with Gasteiger partial charge in [0.2, 0.25) is 0 Å². The Balaban J connectivity index is 2.23. The minimum atomic E-state index is -0.672. The molecule has 1 N–H and O–H groups in total. The maximum absolute atomic E-state index is 10.2. The van der Waals surface area contributed by atoms with Crippen LogP contribution in [0.1, 0.15) is 30.2 Å². The summed E-state index contributed by atoms with van der Waals surface area (Å²) in [6, 6.07) is 3.54. The van der Waals surface area contributed by atoms with Crippen molar-refractivity contribution in [3.63, 3.8) is 0 Å². The molecule has 0 amide bonds. The van der Waals surface area contributed by atoms with E-state index in [2.05, 4.69) is 37.0 Å². The highest BCUT2D eigenvalue weighted by atomic mass is 79.9. The van der Waals surface area contributed by atoms with Gasteiger partial charge < -0.3 is 9.52 Å². The summed E-state index contributed by atoms with van der Waals surface area (Å²) >= 11 is 6.74. The van der Waals surface area contributed by atoms with Crippen LogP contribution >= 0.6 is 31.9 Å². The molecule has 4 nitrogen and oxygen atoms in total. The van der Waals surface area contributed by atoms with Gasteiger partial charge in [0.15, 0.2) is 4.67 Å². The van der Waals surface area contributed by atoms with Crippen molar-refractivity contribution in [1.29, 1.82) is 0 Å². The van der Waals surface area contributed by atoms with E-state index in [9.17, 15) is 5.11 Å². The number of aryl methyl sites for hydroxylation is 2. The number of aliphatic hydroxyl groups is 1. The molecule has 0 bridgehead atoms. The lowest BCUT2D eigenvalue weighted by Gasteiger charge is -2.10. The van der Waals surface area contributed by atoms with E-state index in [1.54, 1.807) is 12.1 Å². The van der Waals surface area contributed by atoms with Crippen LogP contribution in [0.5, 0.6) is 0 Å². The predicted octanol–water partition coefficient (Wildman–Crippen LogP) is 3.61. The van der Waals surface area contributed by atoms with Gasteiger partial charge in [-0.2, -0.15) is 5.10 Å². The molecular weight excluding hydrogens is 364 g/mol.